The number of guanidine groups is 1. The smallest absolute Gasteiger partial charge is 0.248 e. The van der Waals surface area contributed by atoms with Gasteiger partial charge in [0, 0.05) is 17.5 Å². The Bertz CT molecular complexity index is 745. The maximum atomic E-state index is 11.3. The van der Waals surface area contributed by atoms with Crippen LogP contribution >= 0.6 is 35.3 Å². The Kier molecular flexibility index (Phi) is 9.57. The molecule has 0 unspecified atom stereocenters. The van der Waals surface area contributed by atoms with E-state index in [0.29, 0.717) is 30.5 Å². The molecule has 0 atom stereocenters. The highest BCUT2D eigenvalue weighted by Gasteiger charge is 2.06. The molecule has 1 heterocycles. The number of primary amides is 1. The Labute approximate surface area is 175 Å². The highest BCUT2D eigenvalue weighted by atomic mass is 127. The second kappa shape index (κ2) is 11.1. The van der Waals surface area contributed by atoms with Crippen molar-refractivity contribution in [2.24, 2.45) is 10.7 Å². The molecule has 0 aliphatic carbocycles. The standard InChI is InChI=1S/C18H25N5OS.HI/c1-4-20-18(22-10-16-23-15(11-25-16)12(2)3)21-9-13-6-5-7-14(8-13)17(19)24;/h5-8,11-12H,4,9-10H2,1-3H3,(H2,19,24)(H2,20,21,22);1H. The quantitative estimate of drug-likeness (QED) is 0.318. The topological polar surface area (TPSA) is 92.4 Å². The van der Waals surface area contributed by atoms with Crippen LogP contribution in [0, 0.1) is 0 Å². The second-order valence-electron chi connectivity index (χ2n) is 5.93. The minimum Gasteiger partial charge on any atom is -0.366 e. The molecule has 1 aromatic heterocycles. The third-order valence-electron chi connectivity index (χ3n) is 3.54. The zero-order chi connectivity index (χ0) is 18.2. The summed E-state index contributed by atoms with van der Waals surface area (Å²) < 4.78 is 0. The van der Waals surface area contributed by atoms with Gasteiger partial charge in [-0.3, -0.25) is 4.79 Å². The highest BCUT2D eigenvalue weighted by Crippen LogP contribution is 2.17. The predicted molar refractivity (Wildman–Crippen MR) is 118 cm³/mol. The summed E-state index contributed by atoms with van der Waals surface area (Å²) in [6, 6.07) is 7.21. The molecule has 26 heavy (non-hydrogen) atoms. The van der Waals surface area contributed by atoms with E-state index in [9.17, 15) is 4.79 Å². The summed E-state index contributed by atoms with van der Waals surface area (Å²) in [5.74, 6) is 0.721. The van der Waals surface area contributed by atoms with Gasteiger partial charge in [-0.2, -0.15) is 0 Å². The summed E-state index contributed by atoms with van der Waals surface area (Å²) in [4.78, 5) is 20.4. The van der Waals surface area contributed by atoms with Gasteiger partial charge in [0.05, 0.1) is 18.8 Å². The van der Waals surface area contributed by atoms with Crippen molar-refractivity contribution in [3.05, 3.63) is 51.5 Å². The predicted octanol–water partition coefficient (Wildman–Crippen LogP) is 3.24. The number of thiazole rings is 1. The molecule has 0 bridgehead atoms. The molecule has 4 N–H and O–H groups in total. The largest absolute Gasteiger partial charge is 0.366 e. The third kappa shape index (κ3) is 6.91. The van der Waals surface area contributed by atoms with Crippen LogP contribution in [-0.2, 0) is 13.1 Å². The number of amides is 1. The number of hydrogen-bond acceptors (Lipinski definition) is 4. The third-order valence-corrected chi connectivity index (χ3v) is 4.41. The van der Waals surface area contributed by atoms with Crippen molar-refractivity contribution >= 4 is 47.2 Å². The lowest BCUT2D eigenvalue weighted by Gasteiger charge is -2.10. The molecule has 6 nitrogen and oxygen atoms in total. The molecule has 0 saturated carbocycles. The van der Waals surface area contributed by atoms with E-state index in [2.05, 4.69) is 39.8 Å². The summed E-state index contributed by atoms with van der Waals surface area (Å²) in [7, 11) is 0. The normalized spacial score (nSPS) is 11.2. The van der Waals surface area contributed by atoms with Gasteiger partial charge in [-0.25, -0.2) is 9.98 Å². The zero-order valence-electron chi connectivity index (χ0n) is 15.3. The van der Waals surface area contributed by atoms with Crippen LogP contribution < -0.4 is 16.4 Å². The van der Waals surface area contributed by atoms with Crippen LogP contribution in [0.4, 0.5) is 0 Å². The second-order valence-corrected chi connectivity index (χ2v) is 6.88. The summed E-state index contributed by atoms with van der Waals surface area (Å²) in [6.45, 7) is 8.15. The van der Waals surface area contributed by atoms with Gasteiger partial charge in [0.2, 0.25) is 5.91 Å². The molecule has 0 aliphatic rings. The van der Waals surface area contributed by atoms with Crippen LogP contribution in [0.5, 0.6) is 0 Å². The summed E-state index contributed by atoms with van der Waals surface area (Å²) in [5, 5.41) is 9.64. The minimum atomic E-state index is -0.430. The molecule has 142 valence electrons. The summed E-state index contributed by atoms with van der Waals surface area (Å²) in [6.07, 6.45) is 0. The molecule has 0 saturated heterocycles. The van der Waals surface area contributed by atoms with E-state index in [1.54, 1.807) is 23.5 Å². The van der Waals surface area contributed by atoms with E-state index in [1.807, 2.05) is 19.1 Å². The molecule has 0 fully saturated rings. The number of aromatic nitrogens is 1. The molecule has 1 amide bonds. The first-order valence-electron chi connectivity index (χ1n) is 8.34. The zero-order valence-corrected chi connectivity index (χ0v) is 18.4. The van der Waals surface area contributed by atoms with Gasteiger partial charge in [-0.05, 0) is 30.5 Å². The fraction of sp³-hybridized carbons (Fsp3) is 0.389. The van der Waals surface area contributed by atoms with E-state index in [-0.39, 0.29) is 24.0 Å². The first-order chi connectivity index (χ1) is 12.0. The van der Waals surface area contributed by atoms with Crippen molar-refractivity contribution in [2.75, 3.05) is 6.54 Å². The molecule has 1 aromatic carbocycles. The van der Waals surface area contributed by atoms with Crippen molar-refractivity contribution < 1.29 is 4.79 Å². The molecule has 0 radical (unpaired) electrons. The molecule has 2 rings (SSSR count). The lowest BCUT2D eigenvalue weighted by molar-refractivity contribution is 0.1000. The van der Waals surface area contributed by atoms with Gasteiger partial charge in [-0.15, -0.1) is 35.3 Å². The molecular weight excluding hydrogens is 461 g/mol. The number of halogens is 1. The van der Waals surface area contributed by atoms with E-state index >= 15 is 0 Å². The number of benzene rings is 1. The molecule has 8 heteroatoms. The number of nitrogens with two attached hydrogens (primary N) is 1. The average molecular weight is 487 g/mol. The first kappa shape index (κ1) is 22.4. The molecule has 0 spiro atoms. The van der Waals surface area contributed by atoms with Crippen molar-refractivity contribution in [2.45, 2.75) is 39.8 Å². The van der Waals surface area contributed by atoms with Crippen LogP contribution in [0.1, 0.15) is 53.3 Å². The first-order valence-corrected chi connectivity index (χ1v) is 9.22. The van der Waals surface area contributed by atoms with Gasteiger partial charge in [0.1, 0.15) is 5.01 Å². The summed E-state index contributed by atoms with van der Waals surface area (Å²) >= 11 is 1.65. The average Bonchev–Trinajstić information content (AvgIpc) is 3.07. The van der Waals surface area contributed by atoms with E-state index < -0.39 is 5.91 Å². The van der Waals surface area contributed by atoms with E-state index in [4.69, 9.17) is 5.73 Å². The van der Waals surface area contributed by atoms with Gasteiger partial charge in [0.15, 0.2) is 5.96 Å². The number of rotatable bonds is 7. The monoisotopic (exact) mass is 487 g/mol. The maximum absolute atomic E-state index is 11.3. The number of hydrogen-bond donors (Lipinski definition) is 3. The number of aliphatic imine (C=N–C) groups is 1. The van der Waals surface area contributed by atoms with E-state index in [0.717, 1.165) is 22.8 Å². The van der Waals surface area contributed by atoms with Crippen LogP contribution in [0.2, 0.25) is 0 Å². The number of carbonyl (C=O) groups excluding carboxylic acids is 1. The van der Waals surface area contributed by atoms with Gasteiger partial charge in [-0.1, -0.05) is 26.0 Å². The van der Waals surface area contributed by atoms with Gasteiger partial charge >= 0.3 is 0 Å². The van der Waals surface area contributed by atoms with Crippen molar-refractivity contribution in [3.63, 3.8) is 0 Å². The highest BCUT2D eigenvalue weighted by molar-refractivity contribution is 14.0. The van der Waals surface area contributed by atoms with Crippen molar-refractivity contribution in [1.82, 2.24) is 15.6 Å². The molecule has 0 aliphatic heterocycles. The lowest BCUT2D eigenvalue weighted by Crippen LogP contribution is -2.36. The fourth-order valence-electron chi connectivity index (χ4n) is 2.17. The fourth-order valence-corrected chi connectivity index (χ4v) is 3.06. The van der Waals surface area contributed by atoms with Crippen LogP contribution in [0.3, 0.4) is 0 Å². The van der Waals surface area contributed by atoms with E-state index in [1.165, 1.54) is 0 Å². The van der Waals surface area contributed by atoms with Crippen molar-refractivity contribution in [3.8, 4) is 0 Å². The minimum absolute atomic E-state index is 0. The Morgan fingerprint density at radius 1 is 1.35 bits per heavy atom. The van der Waals surface area contributed by atoms with Crippen molar-refractivity contribution in [1.29, 1.82) is 0 Å². The van der Waals surface area contributed by atoms with Gasteiger partial charge < -0.3 is 16.4 Å². The van der Waals surface area contributed by atoms with Crippen LogP contribution in [0.15, 0.2) is 34.6 Å². The Hall–Kier alpha value is -1.68. The van der Waals surface area contributed by atoms with Crippen LogP contribution in [-0.4, -0.2) is 23.4 Å². The maximum Gasteiger partial charge on any atom is 0.248 e. The van der Waals surface area contributed by atoms with Crippen LogP contribution in [0.25, 0.3) is 0 Å². The lowest BCUT2D eigenvalue weighted by atomic mass is 10.1. The Morgan fingerprint density at radius 3 is 2.73 bits per heavy atom. The Balaban J connectivity index is 0.00000338. The molecule has 2 aromatic rings. The number of nitrogens with one attached hydrogen (secondary N) is 2. The molecular formula is C18H26IN5OS. The Morgan fingerprint density at radius 2 is 2.12 bits per heavy atom. The summed E-state index contributed by atoms with van der Waals surface area (Å²) in [5.41, 5.74) is 7.86. The van der Waals surface area contributed by atoms with Gasteiger partial charge in [0.25, 0.3) is 0 Å². The number of nitrogens with zero attached hydrogens (tertiary/aromatic N) is 2. The SMILES string of the molecule is CCNC(=NCc1cccc(C(N)=O)c1)NCc1nc(C(C)C)cs1.I. The number of carbonyl (C=O) groups is 1.